The number of carbonyl (C=O) groups is 3. The summed E-state index contributed by atoms with van der Waals surface area (Å²) in [5.74, 6) is -1.03. The van der Waals surface area contributed by atoms with E-state index in [1.807, 2.05) is 12.1 Å². The van der Waals surface area contributed by atoms with Crippen molar-refractivity contribution in [3.8, 4) is 0 Å². The third kappa shape index (κ3) is 7.13. The van der Waals surface area contributed by atoms with Gasteiger partial charge in [0, 0.05) is 13.6 Å². The van der Waals surface area contributed by atoms with Crippen LogP contribution in [0.15, 0.2) is 52.5 Å². The summed E-state index contributed by atoms with van der Waals surface area (Å²) >= 11 is 0. The molecule has 2 unspecified atom stereocenters. The molecule has 1 saturated carbocycles. The van der Waals surface area contributed by atoms with E-state index in [-0.39, 0.29) is 24.7 Å². The number of benzene rings is 2. The molecule has 40 heavy (non-hydrogen) atoms. The van der Waals surface area contributed by atoms with E-state index >= 15 is 0 Å². The first kappa shape index (κ1) is 29.4. The number of Topliss-reactive ketones (excluding diaryl/α,β-unsaturated/α-hetero) is 1. The number of hydrogen-bond acceptors (Lipinski definition) is 9. The predicted molar refractivity (Wildman–Crippen MR) is 147 cm³/mol. The van der Waals surface area contributed by atoms with Gasteiger partial charge in [0.15, 0.2) is 5.78 Å². The average Bonchev–Trinajstić information content (AvgIpc) is 3.70. The van der Waals surface area contributed by atoms with Crippen molar-refractivity contribution in [2.75, 3.05) is 33.4 Å². The van der Waals surface area contributed by atoms with Crippen molar-refractivity contribution in [1.82, 2.24) is 19.9 Å². The molecule has 1 saturated heterocycles. The predicted octanol–water partition coefficient (Wildman–Crippen LogP) is 0.743. The molecule has 0 spiro atoms. The van der Waals surface area contributed by atoms with Crippen LogP contribution < -0.4 is 15.9 Å². The number of amides is 2. The van der Waals surface area contributed by atoms with E-state index in [9.17, 15) is 22.8 Å². The lowest BCUT2D eigenvalue weighted by atomic mass is 10.0. The highest BCUT2D eigenvalue weighted by Gasteiger charge is 2.50. The van der Waals surface area contributed by atoms with Gasteiger partial charge in [0.2, 0.25) is 15.9 Å². The number of hydrogen-bond donors (Lipinski definition) is 3. The fourth-order valence-corrected chi connectivity index (χ4v) is 5.53. The topological polar surface area (TPSA) is 173 Å². The number of hydrazone groups is 1. The molecule has 1 heterocycles. The van der Waals surface area contributed by atoms with E-state index in [4.69, 9.17) is 15.2 Å². The third-order valence-corrected chi connectivity index (χ3v) is 8.33. The minimum absolute atomic E-state index is 0.0198. The summed E-state index contributed by atoms with van der Waals surface area (Å²) in [5.41, 5.74) is 7.20. The normalized spacial score (nSPS) is 19.3. The second-order valence-corrected chi connectivity index (χ2v) is 11.5. The number of nitrogens with one attached hydrogen (secondary N) is 2. The Kier molecular flexibility index (Phi) is 9.03. The summed E-state index contributed by atoms with van der Waals surface area (Å²) in [6, 6.07) is 10.6. The first-order chi connectivity index (χ1) is 19.0. The highest BCUT2D eigenvalue weighted by atomic mass is 32.2. The van der Waals surface area contributed by atoms with Crippen LogP contribution in [0.2, 0.25) is 0 Å². The number of carbonyl (C=O) groups excluding carboxylic acids is 3. The molecule has 216 valence electrons. The van der Waals surface area contributed by atoms with Crippen LogP contribution in [-0.4, -0.2) is 93.5 Å². The van der Waals surface area contributed by atoms with Gasteiger partial charge in [-0.15, -0.1) is 0 Å². The lowest BCUT2D eigenvalue weighted by molar-refractivity contribution is -0.150. The molecule has 4 N–H and O–H groups in total. The molecule has 4 rings (SSSR count). The summed E-state index contributed by atoms with van der Waals surface area (Å²) in [6.45, 7) is 2.86. The number of nitrogens with two attached hydrogens (primary N) is 1. The van der Waals surface area contributed by atoms with E-state index in [1.54, 1.807) is 30.0 Å². The van der Waals surface area contributed by atoms with Gasteiger partial charge >= 0.3 is 6.09 Å². The van der Waals surface area contributed by atoms with Crippen LogP contribution in [0.4, 0.5) is 4.79 Å². The number of fused-ring (bicyclic) bond motifs is 1. The molecule has 2 fully saturated rings. The zero-order chi connectivity index (χ0) is 28.9. The van der Waals surface area contributed by atoms with Crippen molar-refractivity contribution in [3.05, 3.63) is 42.5 Å². The van der Waals surface area contributed by atoms with Crippen molar-refractivity contribution in [3.63, 3.8) is 0 Å². The molecule has 1 aliphatic heterocycles. The first-order valence-electron chi connectivity index (χ1n) is 12.9. The Hall–Kier alpha value is -3.59. The minimum Gasteiger partial charge on any atom is -0.449 e. The van der Waals surface area contributed by atoms with E-state index in [0.717, 1.165) is 10.8 Å². The number of nitrogens with zero attached hydrogens (tertiary/aromatic N) is 3. The number of ketones is 1. The van der Waals surface area contributed by atoms with Crippen LogP contribution in [0, 0.1) is 0 Å². The summed E-state index contributed by atoms with van der Waals surface area (Å²) in [5, 5.41) is 5.42. The van der Waals surface area contributed by atoms with Gasteiger partial charge in [-0.25, -0.2) is 23.4 Å². The van der Waals surface area contributed by atoms with Gasteiger partial charge in [0.25, 0.3) is 0 Å². The van der Waals surface area contributed by atoms with Crippen molar-refractivity contribution < 1.29 is 32.3 Å². The van der Waals surface area contributed by atoms with Crippen molar-refractivity contribution in [2.45, 2.75) is 48.9 Å². The van der Waals surface area contributed by atoms with Gasteiger partial charge in [0.05, 0.1) is 42.7 Å². The maximum Gasteiger partial charge on any atom is 0.427 e. The molecule has 2 aliphatic rings. The Morgan fingerprint density at radius 1 is 1.25 bits per heavy atom. The van der Waals surface area contributed by atoms with Crippen LogP contribution >= 0.6 is 0 Å². The largest absolute Gasteiger partial charge is 0.449 e. The number of rotatable bonds is 11. The summed E-state index contributed by atoms with van der Waals surface area (Å²) in [7, 11) is -2.64. The molecule has 1 aliphatic carbocycles. The third-order valence-electron chi connectivity index (χ3n) is 6.86. The van der Waals surface area contributed by atoms with Crippen molar-refractivity contribution in [2.24, 2.45) is 10.8 Å². The molecule has 14 heteroatoms. The molecule has 13 nitrogen and oxygen atoms in total. The lowest BCUT2D eigenvalue weighted by Crippen LogP contribution is -2.54. The van der Waals surface area contributed by atoms with Crippen molar-refractivity contribution in [1.29, 1.82) is 0 Å². The van der Waals surface area contributed by atoms with E-state index in [1.165, 1.54) is 30.4 Å². The highest BCUT2D eigenvalue weighted by molar-refractivity contribution is 7.89. The standard InChI is InChI=1S/C26H34N6O7S/c1-3-38-25(35)29-28-17-32-12-13-39-23(16-32)31(2)22(33)15-21(24(34)26(27)10-11-26)30-40(36,37)20-9-8-18-6-4-5-7-19(18)14-20/h4-9,14,17,21,23,30H,3,10-13,15-16,27H2,1-2H3,(H,29,35). The maximum atomic E-state index is 13.3. The summed E-state index contributed by atoms with van der Waals surface area (Å²) < 4.78 is 39.5. The summed E-state index contributed by atoms with van der Waals surface area (Å²) in [6.07, 6.45) is 0.426. The fraction of sp³-hybridized carbons (Fsp3) is 0.462. The summed E-state index contributed by atoms with van der Waals surface area (Å²) in [4.78, 5) is 40.9. The smallest absolute Gasteiger partial charge is 0.427 e. The van der Waals surface area contributed by atoms with Crippen LogP contribution in [0.25, 0.3) is 10.8 Å². The monoisotopic (exact) mass is 574 g/mol. The first-order valence-corrected chi connectivity index (χ1v) is 14.4. The molecule has 0 radical (unpaired) electrons. The van der Waals surface area contributed by atoms with Gasteiger partial charge in [-0.05, 0) is 42.7 Å². The Balaban J connectivity index is 1.44. The van der Waals surface area contributed by atoms with Crippen LogP contribution in [0.5, 0.6) is 0 Å². The Morgan fingerprint density at radius 2 is 1.98 bits per heavy atom. The van der Waals surface area contributed by atoms with Gasteiger partial charge in [-0.2, -0.15) is 5.10 Å². The van der Waals surface area contributed by atoms with E-state index in [2.05, 4.69) is 15.2 Å². The second-order valence-electron chi connectivity index (χ2n) is 9.81. The molecule has 2 aromatic carbocycles. The van der Waals surface area contributed by atoms with Crippen LogP contribution in [-0.2, 0) is 29.1 Å². The quantitative estimate of drug-likeness (QED) is 0.199. The SMILES string of the molecule is CCOC(=O)NN=CN1CCOC(N(C)C(=O)CC(NS(=O)(=O)c2ccc3ccccc3c2)C(=O)C2(N)CC2)C1. The minimum atomic E-state index is -4.15. The van der Waals surface area contributed by atoms with Gasteiger partial charge in [-0.3, -0.25) is 9.59 Å². The van der Waals surface area contributed by atoms with Gasteiger partial charge in [0.1, 0.15) is 12.6 Å². The molecule has 0 aromatic heterocycles. The Labute approximate surface area is 232 Å². The number of morpholine rings is 1. The number of likely N-dealkylation sites (N-methyl/N-ethyl adjacent to an activating group) is 1. The maximum absolute atomic E-state index is 13.3. The molecule has 0 bridgehead atoms. The number of sulfonamides is 1. The highest BCUT2D eigenvalue weighted by Crippen LogP contribution is 2.35. The van der Waals surface area contributed by atoms with Gasteiger partial charge < -0.3 is 25.0 Å². The van der Waals surface area contributed by atoms with Crippen LogP contribution in [0.3, 0.4) is 0 Å². The van der Waals surface area contributed by atoms with Crippen molar-refractivity contribution >= 4 is 44.9 Å². The van der Waals surface area contributed by atoms with E-state index < -0.39 is 52.0 Å². The molecule has 2 atom stereocenters. The Morgan fingerprint density at radius 3 is 2.67 bits per heavy atom. The Bertz CT molecular complexity index is 1390. The van der Waals surface area contributed by atoms with Crippen LogP contribution in [0.1, 0.15) is 26.2 Å². The second kappa shape index (κ2) is 12.3. The molecule has 2 aromatic rings. The fourth-order valence-electron chi connectivity index (χ4n) is 4.30. The zero-order valence-corrected chi connectivity index (χ0v) is 23.2. The van der Waals surface area contributed by atoms with E-state index in [0.29, 0.717) is 19.4 Å². The average molecular weight is 575 g/mol. The zero-order valence-electron chi connectivity index (χ0n) is 22.4. The molecular weight excluding hydrogens is 540 g/mol. The van der Waals surface area contributed by atoms with Gasteiger partial charge in [-0.1, -0.05) is 30.3 Å². The number of ether oxygens (including phenoxy) is 2. The molecule has 2 amide bonds. The molecular formula is C26H34N6O7S. The lowest BCUT2D eigenvalue weighted by Gasteiger charge is -2.37.